The first kappa shape index (κ1) is 11.7. The number of rotatable bonds is 2. The number of ketones is 1. The van der Waals surface area contributed by atoms with Gasteiger partial charge in [0.2, 0.25) is 0 Å². The van der Waals surface area contributed by atoms with E-state index < -0.39 is 0 Å². The molecule has 0 amide bonds. The highest BCUT2D eigenvalue weighted by molar-refractivity contribution is 7.15. The molecule has 1 saturated carbocycles. The Morgan fingerprint density at radius 1 is 1.06 bits per heavy atom. The molecule has 1 nitrogen and oxygen atoms in total. The number of benzene rings is 1. The summed E-state index contributed by atoms with van der Waals surface area (Å²) in [5.74, 6) is 0.898. The average Bonchev–Trinajstić information content (AvgIpc) is 2.89. The molecule has 0 bridgehead atoms. The highest BCUT2D eigenvalue weighted by Gasteiger charge is 2.22. The number of carbonyl (C=O) groups is 1. The van der Waals surface area contributed by atoms with Crippen LogP contribution in [0.25, 0.3) is 10.4 Å². The van der Waals surface area contributed by atoms with Crippen LogP contribution in [0.5, 0.6) is 0 Å². The van der Waals surface area contributed by atoms with Crippen LogP contribution in [0, 0.1) is 0 Å². The van der Waals surface area contributed by atoms with Crippen molar-refractivity contribution in [2.45, 2.75) is 31.6 Å². The van der Waals surface area contributed by atoms with Crippen molar-refractivity contribution in [3.05, 3.63) is 47.3 Å². The summed E-state index contributed by atoms with van der Waals surface area (Å²) in [6.07, 6.45) is 3.75. The van der Waals surface area contributed by atoms with E-state index in [1.807, 2.05) is 17.4 Å². The predicted octanol–water partition coefficient (Wildman–Crippen LogP) is 4.64. The fourth-order valence-electron chi connectivity index (χ4n) is 2.60. The summed E-state index contributed by atoms with van der Waals surface area (Å²) in [5.41, 5.74) is 1.27. The average molecular weight is 256 g/mol. The summed E-state index contributed by atoms with van der Waals surface area (Å²) < 4.78 is 0. The summed E-state index contributed by atoms with van der Waals surface area (Å²) in [5, 5.41) is 0. The Balaban J connectivity index is 1.83. The molecule has 0 radical (unpaired) electrons. The van der Waals surface area contributed by atoms with E-state index in [0.717, 1.165) is 19.3 Å². The summed E-state index contributed by atoms with van der Waals surface area (Å²) in [4.78, 5) is 14.2. The van der Waals surface area contributed by atoms with Crippen molar-refractivity contribution in [3.63, 3.8) is 0 Å². The van der Waals surface area contributed by atoms with Crippen molar-refractivity contribution in [2.75, 3.05) is 0 Å². The van der Waals surface area contributed by atoms with E-state index in [0.29, 0.717) is 11.7 Å². The molecule has 18 heavy (non-hydrogen) atoms. The molecule has 1 aromatic heterocycles. The Hall–Kier alpha value is -1.41. The lowest BCUT2D eigenvalue weighted by Gasteiger charge is -2.19. The smallest absolute Gasteiger partial charge is 0.133 e. The van der Waals surface area contributed by atoms with Gasteiger partial charge in [0.1, 0.15) is 5.78 Å². The van der Waals surface area contributed by atoms with Gasteiger partial charge in [0, 0.05) is 28.5 Å². The molecule has 0 aliphatic heterocycles. The van der Waals surface area contributed by atoms with Crippen LogP contribution in [0.4, 0.5) is 0 Å². The summed E-state index contributed by atoms with van der Waals surface area (Å²) in [6, 6.07) is 14.9. The molecular weight excluding hydrogens is 240 g/mol. The highest BCUT2D eigenvalue weighted by Crippen LogP contribution is 2.38. The molecule has 2 heteroatoms. The standard InChI is InChI=1S/C16H16OS/c17-14-8-4-7-13(11-14)16-10-9-15(18-16)12-5-2-1-3-6-12/h1-3,5-6,9-10,13H,4,7-8,11H2. The largest absolute Gasteiger partial charge is 0.300 e. The van der Waals surface area contributed by atoms with Crippen LogP contribution < -0.4 is 0 Å². The molecule has 3 rings (SSSR count). The van der Waals surface area contributed by atoms with Gasteiger partial charge in [-0.3, -0.25) is 4.79 Å². The molecule has 1 aliphatic rings. The Bertz CT molecular complexity index is 541. The van der Waals surface area contributed by atoms with Crippen LogP contribution in [0.15, 0.2) is 42.5 Å². The van der Waals surface area contributed by atoms with E-state index in [1.165, 1.54) is 21.7 Å². The molecule has 0 N–H and O–H groups in total. The number of hydrogen-bond donors (Lipinski definition) is 0. The molecule has 1 aromatic carbocycles. The quantitative estimate of drug-likeness (QED) is 0.765. The number of thiophene rings is 1. The molecule has 1 heterocycles. The van der Waals surface area contributed by atoms with Crippen LogP contribution in [-0.4, -0.2) is 5.78 Å². The molecule has 0 spiro atoms. The number of carbonyl (C=O) groups excluding carboxylic acids is 1. The van der Waals surface area contributed by atoms with Crippen molar-refractivity contribution in [1.82, 2.24) is 0 Å². The van der Waals surface area contributed by atoms with Gasteiger partial charge >= 0.3 is 0 Å². The molecule has 92 valence electrons. The lowest BCUT2D eigenvalue weighted by Crippen LogP contribution is -2.12. The van der Waals surface area contributed by atoms with Gasteiger partial charge in [-0.05, 0) is 30.5 Å². The lowest BCUT2D eigenvalue weighted by atomic mass is 9.87. The molecule has 1 atom stereocenters. The Labute approximate surface area is 111 Å². The third kappa shape index (κ3) is 2.39. The SMILES string of the molecule is O=C1CCCC(c2ccc(-c3ccccc3)s2)C1. The van der Waals surface area contributed by atoms with Crippen LogP contribution >= 0.6 is 11.3 Å². The van der Waals surface area contributed by atoms with Crippen molar-refractivity contribution in [3.8, 4) is 10.4 Å². The number of hydrogen-bond acceptors (Lipinski definition) is 2. The Kier molecular flexibility index (Phi) is 3.28. The summed E-state index contributed by atoms with van der Waals surface area (Å²) in [6.45, 7) is 0. The zero-order chi connectivity index (χ0) is 12.4. The molecule has 1 unspecified atom stereocenters. The summed E-state index contributed by atoms with van der Waals surface area (Å²) >= 11 is 1.84. The third-order valence-corrected chi connectivity index (χ3v) is 4.87. The van der Waals surface area contributed by atoms with E-state index in [-0.39, 0.29) is 0 Å². The minimum Gasteiger partial charge on any atom is -0.300 e. The maximum Gasteiger partial charge on any atom is 0.133 e. The second-order valence-corrected chi connectivity index (χ2v) is 6.02. The van der Waals surface area contributed by atoms with E-state index in [4.69, 9.17) is 0 Å². The molecule has 2 aromatic rings. The van der Waals surface area contributed by atoms with Crippen molar-refractivity contribution >= 4 is 17.1 Å². The normalized spacial score (nSPS) is 20.0. The Morgan fingerprint density at radius 3 is 2.67 bits per heavy atom. The van der Waals surface area contributed by atoms with E-state index in [9.17, 15) is 4.79 Å². The summed E-state index contributed by atoms with van der Waals surface area (Å²) in [7, 11) is 0. The van der Waals surface area contributed by atoms with Gasteiger partial charge in [0.05, 0.1) is 0 Å². The van der Waals surface area contributed by atoms with Crippen LogP contribution in [0.2, 0.25) is 0 Å². The molecule has 0 saturated heterocycles. The fourth-order valence-corrected chi connectivity index (χ4v) is 3.75. The van der Waals surface area contributed by atoms with Gasteiger partial charge in [-0.2, -0.15) is 0 Å². The van der Waals surface area contributed by atoms with Gasteiger partial charge in [-0.1, -0.05) is 30.3 Å². The monoisotopic (exact) mass is 256 g/mol. The van der Waals surface area contributed by atoms with Gasteiger partial charge in [-0.15, -0.1) is 11.3 Å². The maximum atomic E-state index is 11.5. The fraction of sp³-hybridized carbons (Fsp3) is 0.312. The zero-order valence-electron chi connectivity index (χ0n) is 10.3. The van der Waals surface area contributed by atoms with E-state index >= 15 is 0 Å². The van der Waals surface area contributed by atoms with Gasteiger partial charge in [-0.25, -0.2) is 0 Å². The molecule has 1 aliphatic carbocycles. The molecular formula is C16H16OS. The first-order chi connectivity index (χ1) is 8.83. The maximum absolute atomic E-state index is 11.5. The predicted molar refractivity (Wildman–Crippen MR) is 76.0 cm³/mol. The van der Waals surface area contributed by atoms with E-state index in [2.05, 4.69) is 36.4 Å². The van der Waals surface area contributed by atoms with Crippen LogP contribution in [0.1, 0.15) is 36.5 Å². The van der Waals surface area contributed by atoms with Crippen molar-refractivity contribution in [1.29, 1.82) is 0 Å². The number of Topliss-reactive ketones (excluding diaryl/α,β-unsaturated/α-hetero) is 1. The topological polar surface area (TPSA) is 17.1 Å². The molecule has 1 fully saturated rings. The minimum absolute atomic E-state index is 0.431. The van der Waals surface area contributed by atoms with E-state index in [1.54, 1.807) is 0 Å². The van der Waals surface area contributed by atoms with Crippen LogP contribution in [0.3, 0.4) is 0 Å². The minimum atomic E-state index is 0.431. The van der Waals surface area contributed by atoms with Gasteiger partial charge < -0.3 is 0 Å². The second-order valence-electron chi connectivity index (χ2n) is 4.90. The van der Waals surface area contributed by atoms with Gasteiger partial charge in [0.15, 0.2) is 0 Å². The first-order valence-corrected chi connectivity index (χ1v) is 7.31. The highest BCUT2D eigenvalue weighted by atomic mass is 32.1. The first-order valence-electron chi connectivity index (χ1n) is 6.50. The Morgan fingerprint density at radius 2 is 1.89 bits per heavy atom. The van der Waals surface area contributed by atoms with Gasteiger partial charge in [0.25, 0.3) is 0 Å². The van der Waals surface area contributed by atoms with Crippen molar-refractivity contribution < 1.29 is 4.79 Å². The zero-order valence-corrected chi connectivity index (χ0v) is 11.1. The lowest BCUT2D eigenvalue weighted by molar-refractivity contribution is -0.120. The second kappa shape index (κ2) is 5.07. The van der Waals surface area contributed by atoms with Crippen LogP contribution in [-0.2, 0) is 4.79 Å². The third-order valence-electron chi connectivity index (χ3n) is 3.57. The van der Waals surface area contributed by atoms with Crippen molar-refractivity contribution in [2.24, 2.45) is 0 Å².